The third-order valence-electron chi connectivity index (χ3n) is 2.34. The van der Waals surface area contributed by atoms with Gasteiger partial charge in [0.05, 0.1) is 10.7 Å². The lowest BCUT2D eigenvalue weighted by Crippen LogP contribution is -2.23. The zero-order valence-electron chi connectivity index (χ0n) is 10.9. The maximum atomic E-state index is 4.66. The zero-order valence-corrected chi connectivity index (χ0v) is 11.7. The van der Waals surface area contributed by atoms with Crippen molar-refractivity contribution in [2.45, 2.75) is 53.0 Å². The molecule has 0 spiro atoms. The lowest BCUT2D eigenvalue weighted by Gasteiger charge is -2.06. The summed E-state index contributed by atoms with van der Waals surface area (Å²) in [5.74, 6) is 0.710. The maximum Gasteiger partial charge on any atom is 0.0930 e. The topological polar surface area (TPSA) is 24.9 Å². The van der Waals surface area contributed by atoms with Crippen LogP contribution in [-0.2, 0) is 12.8 Å². The first-order valence-corrected chi connectivity index (χ1v) is 7.12. The van der Waals surface area contributed by atoms with Crippen LogP contribution in [0.2, 0.25) is 0 Å². The summed E-state index contributed by atoms with van der Waals surface area (Å²) in [6.45, 7) is 9.95. The Morgan fingerprint density at radius 2 is 2.06 bits per heavy atom. The summed E-state index contributed by atoms with van der Waals surface area (Å²) in [5.41, 5.74) is 1.27. The van der Waals surface area contributed by atoms with Gasteiger partial charge < -0.3 is 5.32 Å². The number of nitrogens with one attached hydrogen (secondary N) is 1. The largest absolute Gasteiger partial charge is 0.315 e. The number of rotatable bonds is 7. The van der Waals surface area contributed by atoms with E-state index < -0.39 is 0 Å². The van der Waals surface area contributed by atoms with E-state index in [1.807, 2.05) is 11.3 Å². The second-order valence-corrected chi connectivity index (χ2v) is 5.99. The van der Waals surface area contributed by atoms with Gasteiger partial charge in [-0.2, -0.15) is 0 Å². The molecule has 0 aliphatic heterocycles. The van der Waals surface area contributed by atoms with Crippen molar-refractivity contribution in [3.05, 3.63) is 16.1 Å². The number of hydrogen-bond donors (Lipinski definition) is 1. The molecular formula is C13H24N2S. The summed E-state index contributed by atoms with van der Waals surface area (Å²) in [6, 6.07) is 0.590. The van der Waals surface area contributed by atoms with Crippen LogP contribution in [0.3, 0.4) is 0 Å². The van der Waals surface area contributed by atoms with Gasteiger partial charge >= 0.3 is 0 Å². The van der Waals surface area contributed by atoms with Crippen molar-refractivity contribution < 1.29 is 0 Å². The molecule has 0 bridgehead atoms. The van der Waals surface area contributed by atoms with Crippen LogP contribution in [0.25, 0.3) is 0 Å². The van der Waals surface area contributed by atoms with Crippen LogP contribution in [0.4, 0.5) is 0 Å². The molecule has 0 saturated carbocycles. The second kappa shape index (κ2) is 7.02. The van der Waals surface area contributed by atoms with E-state index in [-0.39, 0.29) is 0 Å². The van der Waals surface area contributed by atoms with E-state index in [4.69, 9.17) is 0 Å². The van der Waals surface area contributed by atoms with Crippen molar-refractivity contribution in [3.63, 3.8) is 0 Å². The molecule has 1 rings (SSSR count). The van der Waals surface area contributed by atoms with E-state index >= 15 is 0 Å². The Morgan fingerprint density at radius 3 is 2.69 bits per heavy atom. The summed E-state index contributed by atoms with van der Waals surface area (Å²) >= 11 is 1.81. The number of nitrogens with zero attached hydrogens (tertiary/aromatic N) is 1. The molecule has 0 fully saturated rings. The Kier molecular flexibility index (Phi) is 5.99. The van der Waals surface area contributed by atoms with E-state index in [1.165, 1.54) is 17.1 Å². The highest BCUT2D eigenvalue weighted by Gasteiger charge is 2.04. The molecule has 3 heteroatoms. The normalized spacial score (nSPS) is 11.6. The Bertz CT molecular complexity index is 292. The van der Waals surface area contributed by atoms with E-state index in [1.54, 1.807) is 0 Å². The van der Waals surface area contributed by atoms with Crippen molar-refractivity contribution in [2.24, 2.45) is 5.92 Å². The first-order chi connectivity index (χ1) is 7.58. The van der Waals surface area contributed by atoms with Gasteiger partial charge in [-0.25, -0.2) is 4.98 Å². The molecule has 0 aliphatic carbocycles. The number of thiazole rings is 1. The minimum atomic E-state index is 0.590. The molecule has 0 amide bonds. The van der Waals surface area contributed by atoms with Gasteiger partial charge in [0.1, 0.15) is 0 Å². The van der Waals surface area contributed by atoms with Gasteiger partial charge in [-0.3, -0.25) is 0 Å². The number of aryl methyl sites for hydroxylation is 1. The smallest absolute Gasteiger partial charge is 0.0930 e. The fourth-order valence-corrected chi connectivity index (χ4v) is 2.61. The Labute approximate surface area is 103 Å². The number of hydrogen-bond acceptors (Lipinski definition) is 3. The van der Waals surface area contributed by atoms with Gasteiger partial charge in [-0.1, -0.05) is 27.7 Å². The summed E-state index contributed by atoms with van der Waals surface area (Å²) in [6.07, 6.45) is 3.41. The lowest BCUT2D eigenvalue weighted by atomic mass is 10.1. The second-order valence-electron chi connectivity index (χ2n) is 5.04. The first-order valence-electron chi connectivity index (χ1n) is 6.24. The predicted molar refractivity (Wildman–Crippen MR) is 72.1 cm³/mol. The Balaban J connectivity index is 2.24. The average Bonchev–Trinajstić information content (AvgIpc) is 2.59. The third kappa shape index (κ3) is 5.61. The highest BCUT2D eigenvalue weighted by molar-refractivity contribution is 7.09. The van der Waals surface area contributed by atoms with E-state index in [0.29, 0.717) is 12.0 Å². The molecule has 0 aromatic carbocycles. The lowest BCUT2D eigenvalue weighted by molar-refractivity contribution is 0.568. The Morgan fingerprint density at radius 1 is 1.31 bits per heavy atom. The van der Waals surface area contributed by atoms with E-state index in [2.05, 4.69) is 43.4 Å². The number of aromatic nitrogens is 1. The van der Waals surface area contributed by atoms with Crippen molar-refractivity contribution in [1.29, 1.82) is 0 Å². The molecule has 1 N–H and O–H groups in total. The highest BCUT2D eigenvalue weighted by Crippen LogP contribution is 2.15. The monoisotopic (exact) mass is 240 g/mol. The standard InChI is InChI=1S/C13H24N2S/c1-10(2)8-13-15-12(9-16-13)6-5-7-14-11(3)4/h9-11,14H,5-8H2,1-4H3. The van der Waals surface area contributed by atoms with Gasteiger partial charge in [-0.15, -0.1) is 11.3 Å². The van der Waals surface area contributed by atoms with E-state index in [0.717, 1.165) is 19.4 Å². The quantitative estimate of drug-likeness (QED) is 0.740. The summed E-state index contributed by atoms with van der Waals surface area (Å²) in [7, 11) is 0. The molecular weight excluding hydrogens is 216 g/mol. The van der Waals surface area contributed by atoms with Crippen molar-refractivity contribution in [3.8, 4) is 0 Å². The molecule has 0 atom stereocenters. The predicted octanol–water partition coefficient (Wildman–Crippen LogP) is 3.27. The van der Waals surface area contributed by atoms with Crippen molar-refractivity contribution in [2.75, 3.05) is 6.54 Å². The van der Waals surface area contributed by atoms with Crippen LogP contribution in [0.5, 0.6) is 0 Å². The summed E-state index contributed by atoms with van der Waals surface area (Å²) in [5, 5.41) is 6.94. The molecule has 0 unspecified atom stereocenters. The molecule has 1 aromatic rings. The fraction of sp³-hybridized carbons (Fsp3) is 0.769. The first kappa shape index (κ1) is 13.7. The van der Waals surface area contributed by atoms with Crippen LogP contribution in [0.1, 0.15) is 44.8 Å². The van der Waals surface area contributed by atoms with Crippen LogP contribution < -0.4 is 5.32 Å². The molecule has 2 nitrogen and oxygen atoms in total. The molecule has 0 saturated heterocycles. The van der Waals surface area contributed by atoms with Crippen LogP contribution >= 0.6 is 11.3 Å². The Hall–Kier alpha value is -0.410. The van der Waals surface area contributed by atoms with E-state index in [9.17, 15) is 0 Å². The minimum absolute atomic E-state index is 0.590. The molecule has 1 heterocycles. The highest BCUT2D eigenvalue weighted by atomic mass is 32.1. The van der Waals surface area contributed by atoms with Crippen molar-refractivity contribution in [1.82, 2.24) is 10.3 Å². The van der Waals surface area contributed by atoms with Gasteiger partial charge in [0.25, 0.3) is 0 Å². The van der Waals surface area contributed by atoms with Crippen LogP contribution in [0, 0.1) is 5.92 Å². The molecule has 1 aromatic heterocycles. The summed E-state index contributed by atoms with van der Waals surface area (Å²) in [4.78, 5) is 4.66. The molecule has 16 heavy (non-hydrogen) atoms. The third-order valence-corrected chi connectivity index (χ3v) is 3.26. The van der Waals surface area contributed by atoms with Crippen LogP contribution in [-0.4, -0.2) is 17.6 Å². The average molecular weight is 240 g/mol. The SMILES string of the molecule is CC(C)Cc1nc(CCCNC(C)C)cs1. The van der Waals surface area contributed by atoms with Gasteiger partial charge in [-0.05, 0) is 25.3 Å². The summed E-state index contributed by atoms with van der Waals surface area (Å²) < 4.78 is 0. The van der Waals surface area contributed by atoms with Crippen LogP contribution in [0.15, 0.2) is 5.38 Å². The molecule has 0 aliphatic rings. The maximum absolute atomic E-state index is 4.66. The van der Waals surface area contributed by atoms with Gasteiger partial charge in [0.2, 0.25) is 0 Å². The molecule has 92 valence electrons. The molecule has 0 radical (unpaired) electrons. The minimum Gasteiger partial charge on any atom is -0.315 e. The van der Waals surface area contributed by atoms with Gasteiger partial charge in [0, 0.05) is 17.8 Å². The fourth-order valence-electron chi connectivity index (χ4n) is 1.57. The zero-order chi connectivity index (χ0) is 12.0. The van der Waals surface area contributed by atoms with Crippen molar-refractivity contribution >= 4 is 11.3 Å². The van der Waals surface area contributed by atoms with Gasteiger partial charge in [0.15, 0.2) is 0 Å².